The lowest BCUT2D eigenvalue weighted by Gasteiger charge is -2.18. The Bertz CT molecular complexity index is 1490. The molecule has 2 amide bonds. The Morgan fingerprint density at radius 3 is 1.61 bits per heavy atom. The van der Waals surface area contributed by atoms with Gasteiger partial charge in [-0.25, -0.2) is 9.59 Å². The van der Waals surface area contributed by atoms with E-state index in [4.69, 9.17) is 14.2 Å². The van der Waals surface area contributed by atoms with E-state index in [-0.39, 0.29) is 51.0 Å². The normalized spacial score (nSPS) is 11.1. The molecule has 4 aromatic carbocycles. The van der Waals surface area contributed by atoms with Crippen LogP contribution in [0.5, 0.6) is 0 Å². The Kier molecular flexibility index (Phi) is 12.1. The summed E-state index contributed by atoms with van der Waals surface area (Å²) < 4.78 is 16.0. The van der Waals surface area contributed by atoms with E-state index >= 15 is 0 Å². The number of anilines is 1. The third-order valence-electron chi connectivity index (χ3n) is 6.50. The number of nitrogens with one attached hydrogen (secondary N) is 2. The molecule has 0 spiro atoms. The van der Waals surface area contributed by atoms with Crippen LogP contribution in [0.2, 0.25) is 0 Å². The summed E-state index contributed by atoms with van der Waals surface area (Å²) in [4.78, 5) is 50.3. The second-order valence-corrected chi connectivity index (χ2v) is 9.96. The Morgan fingerprint density at radius 1 is 0.568 bits per heavy atom. The van der Waals surface area contributed by atoms with Gasteiger partial charge in [0.1, 0.15) is 25.9 Å². The topological polar surface area (TPSA) is 120 Å². The lowest BCUT2D eigenvalue weighted by Crippen LogP contribution is -2.42. The maximum Gasteiger partial charge on any atom is 0.408 e. The highest BCUT2D eigenvalue weighted by atomic mass is 16.6. The quantitative estimate of drug-likeness (QED) is 0.141. The Balaban J connectivity index is 1.26. The molecule has 9 heteroatoms. The van der Waals surface area contributed by atoms with Crippen LogP contribution in [-0.4, -0.2) is 30.0 Å². The Labute approximate surface area is 256 Å². The number of ether oxygens (including phenoxy) is 3. The predicted octanol–water partition coefficient (Wildman–Crippen LogP) is 5.73. The van der Waals surface area contributed by atoms with Crippen molar-refractivity contribution in [2.45, 2.75) is 45.1 Å². The molecule has 4 rings (SSSR count). The van der Waals surface area contributed by atoms with E-state index in [1.54, 1.807) is 24.3 Å². The largest absolute Gasteiger partial charge is 0.461 e. The van der Waals surface area contributed by atoms with Gasteiger partial charge in [-0.3, -0.25) is 9.59 Å². The summed E-state index contributed by atoms with van der Waals surface area (Å²) in [7, 11) is 0. The third-order valence-corrected chi connectivity index (χ3v) is 6.50. The number of alkyl carbamates (subject to hydrolysis) is 1. The molecule has 0 saturated heterocycles. The lowest BCUT2D eigenvalue weighted by atomic mass is 10.1. The van der Waals surface area contributed by atoms with Gasteiger partial charge in [0.25, 0.3) is 0 Å². The van der Waals surface area contributed by atoms with Gasteiger partial charge in [-0.2, -0.15) is 0 Å². The molecular formula is C35H34N2O7. The van der Waals surface area contributed by atoms with Crippen LogP contribution in [0, 0.1) is 0 Å². The van der Waals surface area contributed by atoms with Gasteiger partial charge in [0.15, 0.2) is 0 Å². The zero-order valence-electron chi connectivity index (χ0n) is 24.1. The van der Waals surface area contributed by atoms with E-state index in [0.717, 1.165) is 22.3 Å². The number of carbonyl (C=O) groups excluding carboxylic acids is 4. The summed E-state index contributed by atoms with van der Waals surface area (Å²) in [5, 5.41) is 5.30. The van der Waals surface area contributed by atoms with E-state index in [9.17, 15) is 19.2 Å². The van der Waals surface area contributed by atoms with Gasteiger partial charge in [0.05, 0.1) is 6.42 Å². The molecule has 0 aliphatic heterocycles. The molecule has 0 radical (unpaired) electrons. The van der Waals surface area contributed by atoms with Gasteiger partial charge >= 0.3 is 18.0 Å². The molecule has 0 bridgehead atoms. The minimum absolute atomic E-state index is 0.00870. The van der Waals surface area contributed by atoms with Crippen molar-refractivity contribution in [1.29, 1.82) is 0 Å². The highest BCUT2D eigenvalue weighted by Gasteiger charge is 2.24. The van der Waals surface area contributed by atoms with Gasteiger partial charge in [-0.1, -0.05) is 103 Å². The van der Waals surface area contributed by atoms with Crippen molar-refractivity contribution in [2.75, 3.05) is 5.32 Å². The van der Waals surface area contributed by atoms with Crippen molar-refractivity contribution in [3.8, 4) is 0 Å². The first-order valence-corrected chi connectivity index (χ1v) is 14.2. The molecule has 0 aliphatic carbocycles. The van der Waals surface area contributed by atoms with Crippen molar-refractivity contribution in [1.82, 2.24) is 5.32 Å². The van der Waals surface area contributed by atoms with Crippen LogP contribution < -0.4 is 10.6 Å². The van der Waals surface area contributed by atoms with E-state index in [2.05, 4.69) is 10.6 Å². The molecule has 0 aromatic heterocycles. The molecule has 4 aromatic rings. The third kappa shape index (κ3) is 11.1. The number of hydrogen-bond donors (Lipinski definition) is 2. The molecule has 2 N–H and O–H groups in total. The van der Waals surface area contributed by atoms with Crippen LogP contribution in [0.4, 0.5) is 10.5 Å². The van der Waals surface area contributed by atoms with E-state index in [0.29, 0.717) is 5.69 Å². The molecule has 0 aliphatic rings. The first-order chi connectivity index (χ1) is 21.4. The number of carbonyl (C=O) groups is 4. The van der Waals surface area contributed by atoms with Crippen molar-refractivity contribution in [2.24, 2.45) is 0 Å². The average molecular weight is 595 g/mol. The molecule has 0 fully saturated rings. The predicted molar refractivity (Wildman–Crippen MR) is 164 cm³/mol. The zero-order chi connectivity index (χ0) is 31.0. The highest BCUT2D eigenvalue weighted by Crippen LogP contribution is 2.13. The first-order valence-electron chi connectivity index (χ1n) is 14.2. The van der Waals surface area contributed by atoms with E-state index < -0.39 is 18.1 Å². The fourth-order valence-corrected chi connectivity index (χ4v) is 4.15. The fraction of sp³-hybridized carbons (Fsp3) is 0.200. The van der Waals surface area contributed by atoms with Crippen LogP contribution in [0.15, 0.2) is 115 Å². The van der Waals surface area contributed by atoms with Crippen LogP contribution in [-0.2, 0) is 54.8 Å². The summed E-state index contributed by atoms with van der Waals surface area (Å²) in [6.07, 6.45) is -0.781. The SMILES string of the molecule is O=C(CC[C@H](NC(=O)OCc1ccccc1)C(=O)OCc1ccccc1)Nc1ccc(CC(=O)OCc2ccccc2)cc1. The van der Waals surface area contributed by atoms with Crippen LogP contribution in [0.25, 0.3) is 0 Å². The van der Waals surface area contributed by atoms with Crippen LogP contribution in [0.3, 0.4) is 0 Å². The van der Waals surface area contributed by atoms with Crippen LogP contribution >= 0.6 is 0 Å². The number of esters is 2. The summed E-state index contributed by atoms with van der Waals surface area (Å²) in [5.74, 6) is -1.40. The number of hydrogen-bond acceptors (Lipinski definition) is 7. The van der Waals surface area contributed by atoms with Gasteiger partial charge in [0.2, 0.25) is 5.91 Å². The molecule has 0 saturated carbocycles. The number of amides is 2. The summed E-state index contributed by atoms with van der Waals surface area (Å²) in [5.41, 5.74) is 3.75. The molecule has 9 nitrogen and oxygen atoms in total. The van der Waals surface area contributed by atoms with E-state index in [1.807, 2.05) is 91.0 Å². The first kappa shape index (κ1) is 31.5. The van der Waals surface area contributed by atoms with Gasteiger partial charge < -0.3 is 24.8 Å². The maximum atomic E-state index is 12.9. The summed E-state index contributed by atoms with van der Waals surface area (Å²) in [6, 6.07) is 33.4. The zero-order valence-corrected chi connectivity index (χ0v) is 24.1. The fourth-order valence-electron chi connectivity index (χ4n) is 4.15. The highest BCUT2D eigenvalue weighted by molar-refractivity contribution is 5.91. The Hall–Kier alpha value is -5.44. The van der Waals surface area contributed by atoms with E-state index in [1.165, 1.54) is 0 Å². The molecular weight excluding hydrogens is 560 g/mol. The second kappa shape index (κ2) is 16.9. The monoisotopic (exact) mass is 594 g/mol. The molecule has 226 valence electrons. The summed E-state index contributed by atoms with van der Waals surface area (Å²) >= 11 is 0. The van der Waals surface area contributed by atoms with Crippen molar-refractivity contribution in [3.05, 3.63) is 138 Å². The Morgan fingerprint density at radius 2 is 1.07 bits per heavy atom. The lowest BCUT2D eigenvalue weighted by molar-refractivity contribution is -0.147. The maximum absolute atomic E-state index is 12.9. The van der Waals surface area contributed by atoms with Crippen LogP contribution in [0.1, 0.15) is 35.1 Å². The van der Waals surface area contributed by atoms with Crippen molar-refractivity contribution < 1.29 is 33.4 Å². The van der Waals surface area contributed by atoms with Gasteiger partial charge in [-0.05, 0) is 40.8 Å². The van der Waals surface area contributed by atoms with Crippen molar-refractivity contribution in [3.63, 3.8) is 0 Å². The minimum atomic E-state index is -1.10. The second-order valence-electron chi connectivity index (χ2n) is 9.96. The van der Waals surface area contributed by atoms with Gasteiger partial charge in [0, 0.05) is 12.1 Å². The minimum Gasteiger partial charge on any atom is -0.461 e. The molecule has 0 heterocycles. The molecule has 1 atom stereocenters. The number of rotatable bonds is 14. The standard InChI is InChI=1S/C35H34N2O7/c38-32(36-30-18-16-26(17-19-30)22-33(39)42-23-27-10-4-1-5-11-27)21-20-31(34(40)43-24-28-12-6-2-7-13-28)37-35(41)44-25-29-14-8-3-9-15-29/h1-19,31H,20-25H2,(H,36,38)(H,37,41)/t31-/m0/s1. The van der Waals surface area contributed by atoms with Crippen molar-refractivity contribution >= 4 is 29.6 Å². The molecule has 44 heavy (non-hydrogen) atoms. The summed E-state index contributed by atoms with van der Waals surface area (Å²) in [6.45, 7) is 0.253. The molecule has 0 unspecified atom stereocenters. The average Bonchev–Trinajstić information content (AvgIpc) is 3.06. The number of benzene rings is 4. The smallest absolute Gasteiger partial charge is 0.408 e. The van der Waals surface area contributed by atoms with Gasteiger partial charge in [-0.15, -0.1) is 0 Å².